The number of aryl methyl sites for hydroxylation is 1. The first-order valence-electron chi connectivity index (χ1n) is 13.9. The highest BCUT2D eigenvalue weighted by molar-refractivity contribution is 6.07. The van der Waals surface area contributed by atoms with Gasteiger partial charge in [-0.1, -0.05) is 11.6 Å². The van der Waals surface area contributed by atoms with Crippen molar-refractivity contribution in [1.29, 1.82) is 0 Å². The highest BCUT2D eigenvalue weighted by Crippen LogP contribution is 2.39. The van der Waals surface area contributed by atoms with Crippen molar-refractivity contribution in [3.63, 3.8) is 0 Å². The minimum absolute atomic E-state index is 0.0485. The molecule has 0 saturated carbocycles. The number of phenolic OH excluding ortho intramolecular Hbond substituents is 2. The lowest BCUT2D eigenvalue weighted by molar-refractivity contribution is -0.304. The summed E-state index contributed by atoms with van der Waals surface area (Å²) < 4.78 is 27.8. The third kappa shape index (κ3) is 6.67. The van der Waals surface area contributed by atoms with Crippen LogP contribution in [0.2, 0.25) is 0 Å². The molecule has 14 nitrogen and oxygen atoms in total. The Kier molecular flexibility index (Phi) is 9.32. The normalized spacial score (nSPS) is 20.8. The van der Waals surface area contributed by atoms with Crippen molar-refractivity contribution < 1.29 is 53.4 Å². The van der Waals surface area contributed by atoms with E-state index in [0.29, 0.717) is 0 Å². The summed E-state index contributed by atoms with van der Waals surface area (Å²) in [7, 11) is 1.36. The smallest absolute Gasteiger partial charge is 0.404 e. The molecule has 1 aromatic heterocycles. The zero-order valence-electron chi connectivity index (χ0n) is 25.5. The van der Waals surface area contributed by atoms with Gasteiger partial charge in [-0.2, -0.15) is 0 Å². The van der Waals surface area contributed by atoms with E-state index < -0.39 is 65.0 Å². The summed E-state index contributed by atoms with van der Waals surface area (Å²) in [6.45, 7) is 8.53. The van der Waals surface area contributed by atoms with Gasteiger partial charge in [0.15, 0.2) is 35.1 Å². The Bertz CT molecular complexity index is 1720. The van der Waals surface area contributed by atoms with Crippen LogP contribution in [0.25, 0.3) is 11.0 Å². The van der Waals surface area contributed by atoms with Crippen molar-refractivity contribution in [2.45, 2.75) is 71.2 Å². The van der Waals surface area contributed by atoms with Crippen LogP contribution >= 0.6 is 0 Å². The number of phenols is 2. The predicted octanol–water partition coefficient (Wildman–Crippen LogP) is 3.33. The van der Waals surface area contributed by atoms with E-state index >= 15 is 0 Å². The molecule has 4 rings (SSSR count). The number of aliphatic hydroxyl groups excluding tert-OH is 1. The number of aliphatic hydroxyl groups is 1. The van der Waals surface area contributed by atoms with E-state index in [9.17, 15) is 34.8 Å². The van der Waals surface area contributed by atoms with Gasteiger partial charge in [-0.3, -0.25) is 4.79 Å². The molecule has 2 amide bonds. The standard InChI is InChI=1S/C31H36N2O12/c1-13(2)7-8-15-11-16(12-18(34)21(15)35)27(38)33-20-22(36)17-9-10-19(14(3)24(17)43-28(20)39)42-29-23(37)25(44-30(32)40)26(41-6)31(4,5)45-29/h7,9-12,23,25-26,29,34-37H,8H2,1-6H3,(H2,32,40)(H,33,38)/t23-,25+,26-,29-/m1/s1. The second-order valence-corrected chi connectivity index (χ2v) is 11.4. The molecule has 4 atom stereocenters. The molecule has 2 aromatic carbocycles. The van der Waals surface area contributed by atoms with E-state index in [2.05, 4.69) is 5.32 Å². The van der Waals surface area contributed by atoms with Gasteiger partial charge in [0, 0.05) is 23.8 Å². The molecule has 3 aromatic rings. The van der Waals surface area contributed by atoms with Gasteiger partial charge in [0.05, 0.1) is 11.0 Å². The molecular weight excluding hydrogens is 592 g/mol. The van der Waals surface area contributed by atoms with Crippen molar-refractivity contribution in [1.82, 2.24) is 0 Å². The number of fused-ring (bicyclic) bond motifs is 1. The number of ether oxygens (including phenoxy) is 4. The molecule has 0 unspecified atom stereocenters. The zero-order chi connectivity index (χ0) is 33.4. The number of nitrogens with two attached hydrogens (primary N) is 1. The van der Waals surface area contributed by atoms with Gasteiger partial charge in [0.25, 0.3) is 5.91 Å². The predicted molar refractivity (Wildman–Crippen MR) is 161 cm³/mol. The fraction of sp³-hybridized carbons (Fsp3) is 0.387. The Hall–Kier alpha value is -4.79. The number of rotatable bonds is 8. The fourth-order valence-electron chi connectivity index (χ4n) is 5.14. The summed E-state index contributed by atoms with van der Waals surface area (Å²) in [4.78, 5) is 37.5. The second kappa shape index (κ2) is 12.7. The van der Waals surface area contributed by atoms with Crippen molar-refractivity contribution in [2.24, 2.45) is 5.73 Å². The van der Waals surface area contributed by atoms with E-state index in [1.165, 1.54) is 32.2 Å². The monoisotopic (exact) mass is 628 g/mol. The first-order valence-corrected chi connectivity index (χ1v) is 13.9. The lowest BCUT2D eigenvalue weighted by Gasteiger charge is -2.47. The molecule has 242 valence electrons. The van der Waals surface area contributed by atoms with Gasteiger partial charge in [-0.25, -0.2) is 9.59 Å². The van der Waals surface area contributed by atoms with Gasteiger partial charge in [0.1, 0.15) is 17.4 Å². The lowest BCUT2D eigenvalue weighted by Crippen LogP contribution is -2.65. The third-order valence-electron chi connectivity index (χ3n) is 7.41. The topological polar surface area (TPSA) is 220 Å². The minimum Gasteiger partial charge on any atom is -0.505 e. The highest BCUT2D eigenvalue weighted by atomic mass is 16.7. The minimum atomic E-state index is -1.54. The van der Waals surface area contributed by atoms with Crippen LogP contribution in [0.1, 0.15) is 49.2 Å². The molecule has 1 fully saturated rings. The molecular formula is C31H36N2O12. The molecule has 0 bridgehead atoms. The van der Waals surface area contributed by atoms with Gasteiger partial charge >= 0.3 is 11.7 Å². The molecule has 14 heteroatoms. The number of methoxy groups -OCH3 is 1. The first kappa shape index (κ1) is 33.1. The number of carbonyl (C=O) groups excluding carboxylic acids is 2. The zero-order valence-corrected chi connectivity index (χ0v) is 25.5. The summed E-state index contributed by atoms with van der Waals surface area (Å²) in [6, 6.07) is 5.17. The SMILES string of the molecule is CO[C@@H]1[C@@H](OC(N)=O)[C@@H](O)[C@H](Oc2ccc3c(O)c(NC(=O)c4cc(O)c(O)c(CC=C(C)C)c4)c(=O)oc3c2C)OC1(C)C. The average Bonchev–Trinajstić information content (AvgIpc) is 2.95. The van der Waals surface area contributed by atoms with Crippen LogP contribution in [-0.4, -0.2) is 69.7 Å². The molecule has 7 N–H and O–H groups in total. The maximum atomic E-state index is 13.1. The van der Waals surface area contributed by atoms with E-state index in [1.807, 2.05) is 13.8 Å². The largest absolute Gasteiger partial charge is 0.505 e. The number of hydrogen-bond donors (Lipinski definition) is 6. The van der Waals surface area contributed by atoms with Gasteiger partial charge in [0.2, 0.25) is 6.29 Å². The Morgan fingerprint density at radius 1 is 1.13 bits per heavy atom. The number of allylic oxidation sites excluding steroid dienone is 2. The quantitative estimate of drug-likeness (QED) is 0.120. The Morgan fingerprint density at radius 3 is 2.44 bits per heavy atom. The van der Waals surface area contributed by atoms with Crippen molar-refractivity contribution in [3.05, 3.63) is 63.0 Å². The molecule has 1 aliphatic rings. The Morgan fingerprint density at radius 2 is 1.82 bits per heavy atom. The molecule has 1 saturated heterocycles. The molecule has 0 aliphatic carbocycles. The van der Waals surface area contributed by atoms with E-state index in [1.54, 1.807) is 19.9 Å². The van der Waals surface area contributed by atoms with Crippen LogP contribution in [0.5, 0.6) is 23.0 Å². The number of primary amides is 1. The van der Waals surface area contributed by atoms with Gasteiger partial charge in [-0.15, -0.1) is 0 Å². The van der Waals surface area contributed by atoms with Crippen LogP contribution < -0.4 is 21.4 Å². The molecule has 1 aliphatic heterocycles. The van der Waals surface area contributed by atoms with Crippen LogP contribution in [0.3, 0.4) is 0 Å². The van der Waals surface area contributed by atoms with E-state index in [0.717, 1.165) is 11.6 Å². The fourth-order valence-corrected chi connectivity index (χ4v) is 5.14. The van der Waals surface area contributed by atoms with Crippen LogP contribution in [0, 0.1) is 6.92 Å². The van der Waals surface area contributed by atoms with Crippen molar-refractivity contribution in [3.8, 4) is 23.0 Å². The number of amides is 2. The van der Waals surface area contributed by atoms with Crippen molar-refractivity contribution >= 4 is 28.7 Å². The summed E-state index contributed by atoms with van der Waals surface area (Å²) in [5.74, 6) is -2.26. The molecule has 0 spiro atoms. The highest BCUT2D eigenvalue weighted by Gasteiger charge is 2.53. The van der Waals surface area contributed by atoms with Crippen molar-refractivity contribution in [2.75, 3.05) is 12.4 Å². The second-order valence-electron chi connectivity index (χ2n) is 11.4. The maximum Gasteiger partial charge on any atom is 0.404 e. The van der Waals surface area contributed by atoms with E-state index in [-0.39, 0.29) is 45.6 Å². The molecule has 45 heavy (non-hydrogen) atoms. The Labute approximate surface area is 257 Å². The number of aromatic hydroxyl groups is 3. The number of anilines is 1. The summed E-state index contributed by atoms with van der Waals surface area (Å²) in [5.41, 5.74) is 3.76. The third-order valence-corrected chi connectivity index (χ3v) is 7.41. The van der Waals surface area contributed by atoms with E-state index in [4.69, 9.17) is 29.1 Å². The molecule has 2 heterocycles. The Balaban J connectivity index is 1.65. The first-order chi connectivity index (χ1) is 21.0. The van der Waals surface area contributed by atoms with Crippen LogP contribution in [0.15, 0.2) is 45.1 Å². The number of carbonyl (C=O) groups is 2. The maximum absolute atomic E-state index is 13.1. The molecule has 0 radical (unpaired) electrons. The van der Waals surface area contributed by atoms with Gasteiger partial charge in [-0.05, 0) is 65.3 Å². The lowest BCUT2D eigenvalue weighted by atomic mass is 9.89. The number of hydrogen-bond acceptors (Lipinski definition) is 12. The van der Waals surface area contributed by atoms with Crippen LogP contribution in [0.4, 0.5) is 10.5 Å². The van der Waals surface area contributed by atoms with Gasteiger partial charge < -0.3 is 54.8 Å². The number of nitrogens with one attached hydrogen (secondary N) is 1. The summed E-state index contributed by atoms with van der Waals surface area (Å²) in [6.07, 6.45) is -4.15. The summed E-state index contributed by atoms with van der Waals surface area (Å²) >= 11 is 0. The number of benzene rings is 2. The average molecular weight is 629 g/mol. The van der Waals surface area contributed by atoms with Crippen LogP contribution in [-0.2, 0) is 20.6 Å². The summed E-state index contributed by atoms with van der Waals surface area (Å²) in [5, 5.41) is 44.7.